The molecular weight excluding hydrogens is 713 g/mol. The quantitative estimate of drug-likeness (QED) is 0.169. The van der Waals surface area contributed by atoms with E-state index in [-0.39, 0.29) is 5.41 Å². The van der Waals surface area contributed by atoms with Crippen LogP contribution in [0.15, 0.2) is 206 Å². The van der Waals surface area contributed by atoms with Crippen LogP contribution in [-0.4, -0.2) is 9.97 Å². The van der Waals surface area contributed by atoms with Crippen LogP contribution in [-0.2, 0) is 5.41 Å². The number of hydrogen-bond acceptors (Lipinski definition) is 2. The minimum absolute atomic E-state index is 0.0877. The highest BCUT2D eigenvalue weighted by atomic mass is 14.9. The molecule has 0 amide bonds. The van der Waals surface area contributed by atoms with E-state index in [0.29, 0.717) is 5.82 Å². The Hall–Kier alpha value is -7.42. The molecular formula is C57H40N2. The lowest BCUT2D eigenvalue weighted by Crippen LogP contribution is -2.14. The van der Waals surface area contributed by atoms with E-state index < -0.39 is 0 Å². The summed E-state index contributed by atoms with van der Waals surface area (Å²) in [6, 6.07) is 74.3. The summed E-state index contributed by atoms with van der Waals surface area (Å²) in [4.78, 5) is 10.5. The average molecular weight is 753 g/mol. The molecule has 1 aliphatic rings. The zero-order chi connectivity index (χ0) is 39.5. The predicted octanol–water partition coefficient (Wildman–Crippen LogP) is 15.1. The Morgan fingerprint density at radius 1 is 0.305 bits per heavy atom. The van der Waals surface area contributed by atoms with Crippen molar-refractivity contribution in [2.45, 2.75) is 19.3 Å². The first-order valence-corrected chi connectivity index (χ1v) is 20.4. The highest BCUT2D eigenvalue weighted by Crippen LogP contribution is 2.53. The second-order valence-corrected chi connectivity index (χ2v) is 16.2. The summed E-state index contributed by atoms with van der Waals surface area (Å²) in [5.41, 5.74) is 17.4. The van der Waals surface area contributed by atoms with Crippen molar-refractivity contribution in [3.05, 3.63) is 217 Å². The minimum Gasteiger partial charge on any atom is -0.228 e. The maximum Gasteiger partial charge on any atom is 0.160 e. The van der Waals surface area contributed by atoms with E-state index in [1.807, 2.05) is 0 Å². The normalized spacial score (nSPS) is 12.7. The Morgan fingerprint density at radius 2 is 0.797 bits per heavy atom. The standard InChI is InChI=1S/C57H40N2/c1-57(2)51-25-13-24-49(55(51)50-34-41-18-9-10-19-42(41)35-52(50)57)45-28-26-44-33-48(29-27-43(44)30-45)56-58-53(46-22-11-20-39(31-46)37-14-5-3-6-15-37)36-54(59-56)47-23-12-21-40(32-47)38-16-7-4-8-17-38/h3-36H,1-2H3. The lowest BCUT2D eigenvalue weighted by Gasteiger charge is -2.22. The number of rotatable bonds is 6. The third kappa shape index (κ3) is 6.13. The molecule has 0 N–H and O–H groups in total. The molecule has 1 aliphatic carbocycles. The lowest BCUT2D eigenvalue weighted by molar-refractivity contribution is 0.661. The molecule has 0 bridgehead atoms. The van der Waals surface area contributed by atoms with Crippen molar-refractivity contribution in [3.8, 4) is 78.4 Å². The van der Waals surface area contributed by atoms with Gasteiger partial charge in [0.05, 0.1) is 11.4 Å². The summed E-state index contributed by atoms with van der Waals surface area (Å²) in [6.07, 6.45) is 0. The van der Waals surface area contributed by atoms with Gasteiger partial charge < -0.3 is 0 Å². The van der Waals surface area contributed by atoms with Crippen LogP contribution in [0.3, 0.4) is 0 Å². The Kier molecular flexibility index (Phi) is 8.20. The number of aromatic nitrogens is 2. The molecule has 0 spiro atoms. The summed E-state index contributed by atoms with van der Waals surface area (Å²) < 4.78 is 0. The van der Waals surface area contributed by atoms with E-state index in [9.17, 15) is 0 Å². The second-order valence-electron chi connectivity index (χ2n) is 16.2. The van der Waals surface area contributed by atoms with Crippen LogP contribution >= 0.6 is 0 Å². The third-order valence-corrected chi connectivity index (χ3v) is 12.2. The zero-order valence-corrected chi connectivity index (χ0v) is 33.0. The molecule has 1 heterocycles. The van der Waals surface area contributed by atoms with Gasteiger partial charge in [-0.25, -0.2) is 9.97 Å². The molecule has 0 saturated carbocycles. The monoisotopic (exact) mass is 752 g/mol. The molecule has 2 nitrogen and oxygen atoms in total. The van der Waals surface area contributed by atoms with Gasteiger partial charge in [-0.1, -0.05) is 178 Å². The summed E-state index contributed by atoms with van der Waals surface area (Å²) in [6.45, 7) is 4.72. The Morgan fingerprint density at radius 3 is 1.42 bits per heavy atom. The average Bonchev–Trinajstić information content (AvgIpc) is 3.53. The fraction of sp³-hybridized carbons (Fsp3) is 0.0526. The molecule has 9 aromatic carbocycles. The number of hydrogen-bond donors (Lipinski definition) is 0. The van der Waals surface area contributed by atoms with Crippen molar-refractivity contribution in [2.75, 3.05) is 0 Å². The van der Waals surface area contributed by atoms with Crippen molar-refractivity contribution < 1.29 is 0 Å². The highest BCUT2D eigenvalue weighted by molar-refractivity contribution is 6.00. The molecule has 0 saturated heterocycles. The van der Waals surface area contributed by atoms with Crippen LogP contribution < -0.4 is 0 Å². The molecule has 59 heavy (non-hydrogen) atoms. The zero-order valence-electron chi connectivity index (χ0n) is 33.0. The van der Waals surface area contributed by atoms with E-state index in [0.717, 1.165) is 44.6 Å². The lowest BCUT2D eigenvalue weighted by atomic mass is 9.81. The van der Waals surface area contributed by atoms with Crippen LogP contribution in [0.2, 0.25) is 0 Å². The second kappa shape index (κ2) is 13.9. The van der Waals surface area contributed by atoms with Gasteiger partial charge in [0, 0.05) is 22.1 Å². The molecule has 0 unspecified atom stereocenters. The van der Waals surface area contributed by atoms with Gasteiger partial charge in [-0.2, -0.15) is 0 Å². The maximum atomic E-state index is 5.27. The number of fused-ring (bicyclic) bond motifs is 5. The van der Waals surface area contributed by atoms with Gasteiger partial charge in [0.25, 0.3) is 0 Å². The molecule has 2 heteroatoms. The first-order chi connectivity index (χ1) is 29.0. The van der Waals surface area contributed by atoms with Crippen LogP contribution in [0.1, 0.15) is 25.0 Å². The Bertz CT molecular complexity index is 3130. The van der Waals surface area contributed by atoms with Gasteiger partial charge in [0.2, 0.25) is 0 Å². The number of benzene rings is 9. The van der Waals surface area contributed by atoms with Gasteiger partial charge in [-0.15, -0.1) is 0 Å². The van der Waals surface area contributed by atoms with Gasteiger partial charge in [0.1, 0.15) is 0 Å². The van der Waals surface area contributed by atoms with E-state index in [1.54, 1.807) is 0 Å². The molecule has 0 radical (unpaired) electrons. The van der Waals surface area contributed by atoms with Crippen molar-refractivity contribution in [3.63, 3.8) is 0 Å². The van der Waals surface area contributed by atoms with Crippen LogP contribution in [0.25, 0.3) is 100.0 Å². The molecule has 0 fully saturated rings. The molecule has 10 aromatic rings. The largest absolute Gasteiger partial charge is 0.228 e. The smallest absolute Gasteiger partial charge is 0.160 e. The SMILES string of the molecule is CC1(C)c2cc3ccccc3cc2-c2c(-c3ccc4cc(-c5nc(-c6cccc(-c7ccccc7)c6)cc(-c6cccc(-c7ccccc7)c6)n5)ccc4c3)cccc21. The van der Waals surface area contributed by atoms with E-state index >= 15 is 0 Å². The summed E-state index contributed by atoms with van der Waals surface area (Å²) in [5, 5.41) is 4.90. The van der Waals surface area contributed by atoms with Crippen molar-refractivity contribution >= 4 is 21.5 Å². The van der Waals surface area contributed by atoms with Gasteiger partial charge in [-0.3, -0.25) is 0 Å². The Balaban J connectivity index is 1.02. The van der Waals surface area contributed by atoms with Crippen molar-refractivity contribution in [1.82, 2.24) is 9.97 Å². The van der Waals surface area contributed by atoms with E-state index in [4.69, 9.17) is 9.97 Å². The number of nitrogens with zero attached hydrogens (tertiary/aromatic N) is 2. The van der Waals surface area contributed by atoms with Crippen molar-refractivity contribution in [2.24, 2.45) is 0 Å². The predicted molar refractivity (Wildman–Crippen MR) is 247 cm³/mol. The van der Waals surface area contributed by atoms with Gasteiger partial charge in [0.15, 0.2) is 5.82 Å². The van der Waals surface area contributed by atoms with Crippen LogP contribution in [0.5, 0.6) is 0 Å². The molecule has 11 rings (SSSR count). The summed E-state index contributed by atoms with van der Waals surface area (Å²) >= 11 is 0. The summed E-state index contributed by atoms with van der Waals surface area (Å²) in [5.74, 6) is 0.700. The first-order valence-electron chi connectivity index (χ1n) is 20.4. The van der Waals surface area contributed by atoms with E-state index in [1.165, 1.54) is 60.7 Å². The molecule has 1 aromatic heterocycles. The molecule has 0 aliphatic heterocycles. The third-order valence-electron chi connectivity index (χ3n) is 12.2. The first kappa shape index (κ1) is 34.8. The van der Waals surface area contributed by atoms with Crippen LogP contribution in [0, 0.1) is 0 Å². The fourth-order valence-corrected chi connectivity index (χ4v) is 9.12. The molecule has 278 valence electrons. The summed E-state index contributed by atoms with van der Waals surface area (Å²) in [7, 11) is 0. The maximum absolute atomic E-state index is 5.27. The van der Waals surface area contributed by atoms with Gasteiger partial charge in [-0.05, 0) is 120 Å². The van der Waals surface area contributed by atoms with E-state index in [2.05, 4.69) is 220 Å². The van der Waals surface area contributed by atoms with Crippen molar-refractivity contribution in [1.29, 1.82) is 0 Å². The van der Waals surface area contributed by atoms with Crippen LogP contribution in [0.4, 0.5) is 0 Å². The Labute approximate surface area is 345 Å². The van der Waals surface area contributed by atoms with Gasteiger partial charge >= 0.3 is 0 Å². The molecule has 0 atom stereocenters. The highest BCUT2D eigenvalue weighted by Gasteiger charge is 2.37. The fourth-order valence-electron chi connectivity index (χ4n) is 9.12. The topological polar surface area (TPSA) is 25.8 Å². The minimum atomic E-state index is -0.0877.